The van der Waals surface area contributed by atoms with Crippen molar-refractivity contribution in [3.63, 3.8) is 0 Å². The molecule has 0 saturated heterocycles. The molecular formula is C12H23NO3. The van der Waals surface area contributed by atoms with E-state index < -0.39 is 0 Å². The molecule has 0 spiro atoms. The van der Waals surface area contributed by atoms with Crippen LogP contribution in [0.1, 0.15) is 33.6 Å². The van der Waals surface area contributed by atoms with Crippen LogP contribution >= 0.6 is 0 Å². The molecular weight excluding hydrogens is 206 g/mol. The van der Waals surface area contributed by atoms with Gasteiger partial charge in [-0.25, -0.2) is 0 Å². The molecule has 94 valence electrons. The molecule has 4 nitrogen and oxygen atoms in total. The molecule has 0 aromatic heterocycles. The van der Waals surface area contributed by atoms with E-state index in [0.717, 1.165) is 12.8 Å². The third kappa shape index (κ3) is 6.58. The van der Waals surface area contributed by atoms with Gasteiger partial charge in [-0.15, -0.1) is 0 Å². The molecule has 0 saturated carbocycles. The molecule has 0 radical (unpaired) electrons. The van der Waals surface area contributed by atoms with Gasteiger partial charge in [0.15, 0.2) is 0 Å². The Morgan fingerprint density at radius 2 is 1.56 bits per heavy atom. The fourth-order valence-electron chi connectivity index (χ4n) is 1.06. The van der Waals surface area contributed by atoms with Crippen LogP contribution in [-0.4, -0.2) is 37.5 Å². The van der Waals surface area contributed by atoms with Gasteiger partial charge in [0.25, 0.3) is 5.91 Å². The summed E-state index contributed by atoms with van der Waals surface area (Å²) >= 11 is 0. The molecule has 0 aliphatic carbocycles. The highest BCUT2D eigenvalue weighted by molar-refractivity contribution is 5.91. The third-order valence-electron chi connectivity index (χ3n) is 1.84. The summed E-state index contributed by atoms with van der Waals surface area (Å²) in [4.78, 5) is 13.2. The van der Waals surface area contributed by atoms with Crippen LogP contribution in [0, 0.1) is 0 Å². The van der Waals surface area contributed by atoms with Crippen LogP contribution in [0.25, 0.3) is 0 Å². The fraction of sp³-hybridized carbons (Fsp3) is 0.750. The van der Waals surface area contributed by atoms with Crippen LogP contribution in [0.2, 0.25) is 0 Å². The Balaban J connectivity index is 4.05. The fourth-order valence-corrected chi connectivity index (χ4v) is 1.06. The number of amides is 1. The molecule has 1 amide bonds. The average molecular weight is 229 g/mol. The van der Waals surface area contributed by atoms with Gasteiger partial charge in [0.1, 0.15) is 13.5 Å². The monoisotopic (exact) mass is 229 g/mol. The van der Waals surface area contributed by atoms with E-state index in [9.17, 15) is 4.79 Å². The minimum atomic E-state index is -0.118. The van der Waals surface area contributed by atoms with Gasteiger partial charge < -0.3 is 9.47 Å². The summed E-state index contributed by atoms with van der Waals surface area (Å²) in [6.45, 7) is 11.2. The van der Waals surface area contributed by atoms with E-state index >= 15 is 0 Å². The minimum absolute atomic E-state index is 0.118. The van der Waals surface area contributed by atoms with Crippen molar-refractivity contribution < 1.29 is 14.3 Å². The van der Waals surface area contributed by atoms with Gasteiger partial charge in [0, 0.05) is 18.8 Å². The zero-order valence-corrected chi connectivity index (χ0v) is 10.6. The van der Waals surface area contributed by atoms with Gasteiger partial charge >= 0.3 is 0 Å². The molecule has 4 heteroatoms. The van der Waals surface area contributed by atoms with E-state index in [4.69, 9.17) is 9.47 Å². The van der Waals surface area contributed by atoms with Crippen LogP contribution < -0.4 is 0 Å². The van der Waals surface area contributed by atoms with Crippen molar-refractivity contribution >= 4 is 5.91 Å². The summed E-state index contributed by atoms with van der Waals surface area (Å²) in [5.41, 5.74) is 0.500. The van der Waals surface area contributed by atoms with Crippen LogP contribution in [0.4, 0.5) is 0 Å². The topological polar surface area (TPSA) is 38.8 Å². The summed E-state index contributed by atoms with van der Waals surface area (Å²) < 4.78 is 10.7. The first-order chi connectivity index (χ1) is 7.63. The van der Waals surface area contributed by atoms with E-state index in [-0.39, 0.29) is 19.4 Å². The van der Waals surface area contributed by atoms with Crippen LogP contribution in [0.15, 0.2) is 12.2 Å². The van der Waals surface area contributed by atoms with Crippen molar-refractivity contribution in [2.24, 2.45) is 0 Å². The van der Waals surface area contributed by atoms with Crippen molar-refractivity contribution in [3.8, 4) is 0 Å². The van der Waals surface area contributed by atoms with Crippen LogP contribution in [0.5, 0.6) is 0 Å². The maximum absolute atomic E-state index is 11.7. The molecule has 0 N–H and O–H groups in total. The summed E-state index contributed by atoms with van der Waals surface area (Å²) in [6.07, 6.45) is 1.87. The summed E-state index contributed by atoms with van der Waals surface area (Å²) in [6, 6.07) is 0. The zero-order valence-electron chi connectivity index (χ0n) is 10.6. The van der Waals surface area contributed by atoms with Crippen molar-refractivity contribution in [3.05, 3.63) is 12.2 Å². The first-order valence-corrected chi connectivity index (χ1v) is 5.73. The van der Waals surface area contributed by atoms with Crippen LogP contribution in [0.3, 0.4) is 0 Å². The predicted octanol–water partition coefficient (Wildman–Crippen LogP) is 2.16. The highest BCUT2D eigenvalue weighted by Crippen LogP contribution is 2.00. The Hall–Kier alpha value is -0.870. The van der Waals surface area contributed by atoms with Gasteiger partial charge in [-0.05, 0) is 19.8 Å². The first kappa shape index (κ1) is 15.1. The smallest absolute Gasteiger partial charge is 0.252 e. The van der Waals surface area contributed by atoms with Gasteiger partial charge in [-0.1, -0.05) is 20.4 Å². The lowest BCUT2D eigenvalue weighted by Gasteiger charge is -2.22. The van der Waals surface area contributed by atoms with E-state index in [1.54, 1.807) is 6.92 Å². The number of carbonyl (C=O) groups is 1. The number of hydrogen-bond donors (Lipinski definition) is 0. The Labute approximate surface area is 98.2 Å². The normalized spacial score (nSPS) is 10.2. The Morgan fingerprint density at radius 3 is 1.88 bits per heavy atom. The minimum Gasteiger partial charge on any atom is -0.361 e. The average Bonchev–Trinajstić information content (AvgIpc) is 2.26. The third-order valence-corrected chi connectivity index (χ3v) is 1.84. The van der Waals surface area contributed by atoms with Gasteiger partial charge in [0.2, 0.25) is 0 Å². The first-order valence-electron chi connectivity index (χ1n) is 5.73. The van der Waals surface area contributed by atoms with E-state index in [1.165, 1.54) is 4.90 Å². The van der Waals surface area contributed by atoms with Gasteiger partial charge in [-0.3, -0.25) is 9.69 Å². The summed E-state index contributed by atoms with van der Waals surface area (Å²) in [5.74, 6) is -0.118. The quantitative estimate of drug-likeness (QED) is 0.345. The van der Waals surface area contributed by atoms with E-state index in [2.05, 4.69) is 6.58 Å². The molecule has 0 rings (SSSR count). The Morgan fingerprint density at radius 1 is 1.12 bits per heavy atom. The number of nitrogens with zero attached hydrogens (tertiary/aromatic N) is 1. The molecule has 0 unspecified atom stereocenters. The number of carbonyl (C=O) groups excluding carboxylic acids is 1. The Kier molecular flexibility index (Phi) is 8.85. The lowest BCUT2D eigenvalue weighted by atomic mass is 10.3. The molecule has 0 aromatic rings. The second kappa shape index (κ2) is 9.36. The molecule has 0 atom stereocenters. The van der Waals surface area contributed by atoms with Gasteiger partial charge in [-0.2, -0.15) is 0 Å². The van der Waals surface area contributed by atoms with Crippen molar-refractivity contribution in [2.45, 2.75) is 33.6 Å². The van der Waals surface area contributed by atoms with Crippen molar-refractivity contribution in [2.75, 3.05) is 26.7 Å². The van der Waals surface area contributed by atoms with E-state index in [0.29, 0.717) is 18.8 Å². The molecule has 0 aromatic carbocycles. The molecule has 0 heterocycles. The largest absolute Gasteiger partial charge is 0.361 e. The second-order valence-corrected chi connectivity index (χ2v) is 3.70. The molecule has 0 aliphatic rings. The number of ether oxygens (including phenoxy) is 2. The Bertz CT molecular complexity index is 206. The standard InChI is InChI=1S/C12H23NO3/c1-5-7-15-9-13(10-16-8-6-2)12(14)11(3)4/h3,5-10H2,1-2,4H3. The number of rotatable bonds is 9. The highest BCUT2D eigenvalue weighted by Gasteiger charge is 2.13. The summed E-state index contributed by atoms with van der Waals surface area (Å²) in [5, 5.41) is 0. The van der Waals surface area contributed by atoms with Crippen LogP contribution in [-0.2, 0) is 14.3 Å². The zero-order chi connectivity index (χ0) is 12.4. The molecule has 0 aliphatic heterocycles. The molecule has 0 bridgehead atoms. The maximum Gasteiger partial charge on any atom is 0.252 e. The lowest BCUT2D eigenvalue weighted by Crippen LogP contribution is -2.35. The molecule has 0 fully saturated rings. The second-order valence-electron chi connectivity index (χ2n) is 3.70. The summed E-state index contributed by atoms with van der Waals surface area (Å²) in [7, 11) is 0. The molecule has 16 heavy (non-hydrogen) atoms. The maximum atomic E-state index is 11.7. The lowest BCUT2D eigenvalue weighted by molar-refractivity contribution is -0.140. The number of hydrogen-bond acceptors (Lipinski definition) is 3. The highest BCUT2D eigenvalue weighted by atomic mass is 16.5. The predicted molar refractivity (Wildman–Crippen MR) is 63.9 cm³/mol. The van der Waals surface area contributed by atoms with Crippen molar-refractivity contribution in [1.82, 2.24) is 4.90 Å². The van der Waals surface area contributed by atoms with Gasteiger partial charge in [0.05, 0.1) is 0 Å². The van der Waals surface area contributed by atoms with Crippen molar-refractivity contribution in [1.29, 1.82) is 0 Å². The van der Waals surface area contributed by atoms with E-state index in [1.807, 2.05) is 13.8 Å². The SMILES string of the molecule is C=C(C)C(=O)N(COCCC)COCCC.